The third kappa shape index (κ3) is 3.42. The lowest BCUT2D eigenvalue weighted by Crippen LogP contribution is -2.23. The molecule has 1 aliphatic rings. The van der Waals surface area contributed by atoms with Gasteiger partial charge in [0.05, 0.1) is 14.2 Å². The highest BCUT2D eigenvalue weighted by molar-refractivity contribution is 5.47. The van der Waals surface area contributed by atoms with Gasteiger partial charge in [-0.25, -0.2) is 0 Å². The van der Waals surface area contributed by atoms with Gasteiger partial charge in [0, 0.05) is 18.7 Å². The minimum atomic E-state index is 0.226. The van der Waals surface area contributed by atoms with Crippen LogP contribution >= 0.6 is 0 Å². The summed E-state index contributed by atoms with van der Waals surface area (Å²) in [7, 11) is 3.30. The number of ether oxygens (including phenoxy) is 2. The minimum Gasteiger partial charge on any atom is -0.504 e. The number of hydrogen-bond acceptors (Lipinski definition) is 4. The second-order valence-electron chi connectivity index (χ2n) is 5.92. The molecule has 122 valence electrons. The van der Waals surface area contributed by atoms with Gasteiger partial charge >= 0.3 is 0 Å². The predicted molar refractivity (Wildman–Crippen MR) is 90.1 cm³/mol. The lowest BCUT2D eigenvalue weighted by atomic mass is 10.0. The van der Waals surface area contributed by atoms with E-state index < -0.39 is 0 Å². The average Bonchev–Trinajstić information content (AvgIpc) is 2.76. The van der Waals surface area contributed by atoms with Gasteiger partial charge in [-0.1, -0.05) is 18.2 Å². The van der Waals surface area contributed by atoms with E-state index >= 15 is 0 Å². The topological polar surface area (TPSA) is 41.9 Å². The fourth-order valence-electron chi connectivity index (χ4n) is 3.22. The summed E-state index contributed by atoms with van der Waals surface area (Å²) in [4.78, 5) is 2.42. The molecule has 0 spiro atoms. The van der Waals surface area contributed by atoms with Crippen LogP contribution in [0.25, 0.3) is 0 Å². The molecule has 1 aliphatic heterocycles. The Morgan fingerprint density at radius 3 is 2.61 bits per heavy atom. The third-order valence-corrected chi connectivity index (χ3v) is 4.40. The van der Waals surface area contributed by atoms with Crippen LogP contribution < -0.4 is 9.47 Å². The Hall–Kier alpha value is -2.20. The first kappa shape index (κ1) is 15.7. The Balaban J connectivity index is 1.83. The van der Waals surface area contributed by atoms with Crippen LogP contribution in [-0.4, -0.2) is 30.8 Å². The molecule has 0 atom stereocenters. The van der Waals surface area contributed by atoms with Crippen molar-refractivity contribution in [2.45, 2.75) is 25.9 Å². The van der Waals surface area contributed by atoms with Gasteiger partial charge in [-0.3, -0.25) is 4.90 Å². The van der Waals surface area contributed by atoms with E-state index in [0.29, 0.717) is 5.75 Å². The lowest BCUT2D eigenvalue weighted by Gasteiger charge is -2.22. The maximum Gasteiger partial charge on any atom is 0.160 e. The molecule has 0 unspecified atom stereocenters. The molecule has 23 heavy (non-hydrogen) atoms. The number of fused-ring (bicyclic) bond motifs is 1. The van der Waals surface area contributed by atoms with E-state index in [1.165, 1.54) is 16.7 Å². The van der Waals surface area contributed by atoms with Gasteiger partial charge in [0.2, 0.25) is 0 Å². The summed E-state index contributed by atoms with van der Waals surface area (Å²) >= 11 is 0. The molecule has 2 aromatic rings. The second-order valence-corrected chi connectivity index (χ2v) is 5.92. The molecule has 0 aromatic heterocycles. The molecule has 4 heteroatoms. The summed E-state index contributed by atoms with van der Waals surface area (Å²) in [5.41, 5.74) is 3.64. The molecule has 4 nitrogen and oxygen atoms in total. The number of hydrogen-bond donors (Lipinski definition) is 1. The Labute approximate surface area is 137 Å². The molecule has 0 amide bonds. The maximum absolute atomic E-state index is 9.97. The van der Waals surface area contributed by atoms with Crippen molar-refractivity contribution in [1.29, 1.82) is 0 Å². The first-order valence-corrected chi connectivity index (χ1v) is 7.94. The highest BCUT2D eigenvalue weighted by atomic mass is 16.5. The molecule has 3 rings (SSSR count). The van der Waals surface area contributed by atoms with E-state index in [0.717, 1.165) is 38.2 Å². The number of phenols is 1. The van der Waals surface area contributed by atoms with Crippen LogP contribution in [0.2, 0.25) is 0 Å². The van der Waals surface area contributed by atoms with Gasteiger partial charge in [-0.05, 0) is 48.7 Å². The van der Waals surface area contributed by atoms with E-state index in [2.05, 4.69) is 11.0 Å². The number of aryl methyl sites for hydroxylation is 1. The monoisotopic (exact) mass is 313 g/mol. The predicted octanol–water partition coefficient (Wildman–Crippen LogP) is 3.36. The van der Waals surface area contributed by atoms with E-state index in [9.17, 15) is 5.11 Å². The smallest absolute Gasteiger partial charge is 0.160 e. The highest BCUT2D eigenvalue weighted by Crippen LogP contribution is 2.32. The minimum absolute atomic E-state index is 0.226. The van der Waals surface area contributed by atoms with Crippen molar-refractivity contribution in [2.75, 3.05) is 20.8 Å². The van der Waals surface area contributed by atoms with Crippen LogP contribution in [0.5, 0.6) is 17.2 Å². The first-order valence-electron chi connectivity index (χ1n) is 7.94. The average molecular weight is 313 g/mol. The quantitative estimate of drug-likeness (QED) is 0.940. The summed E-state index contributed by atoms with van der Waals surface area (Å²) < 4.78 is 10.7. The van der Waals surface area contributed by atoms with Crippen molar-refractivity contribution in [3.63, 3.8) is 0 Å². The SMILES string of the molecule is COc1cc2c(cc1O)CCCN(Cc1ccccc1OC)C2. The molecule has 0 bridgehead atoms. The molecular weight excluding hydrogens is 290 g/mol. The summed E-state index contributed by atoms with van der Waals surface area (Å²) in [5.74, 6) is 1.70. The third-order valence-electron chi connectivity index (χ3n) is 4.40. The molecule has 0 aliphatic carbocycles. The van der Waals surface area contributed by atoms with E-state index in [1.54, 1.807) is 14.2 Å². The largest absolute Gasteiger partial charge is 0.504 e. The van der Waals surface area contributed by atoms with Crippen LogP contribution in [0.3, 0.4) is 0 Å². The van der Waals surface area contributed by atoms with Gasteiger partial charge in [0.15, 0.2) is 11.5 Å². The molecule has 2 aromatic carbocycles. The summed E-state index contributed by atoms with van der Waals surface area (Å²) in [6.07, 6.45) is 2.06. The summed E-state index contributed by atoms with van der Waals surface area (Å²) in [6, 6.07) is 12.0. The van der Waals surface area contributed by atoms with E-state index in [-0.39, 0.29) is 5.75 Å². The Kier molecular flexibility index (Phi) is 4.72. The molecule has 1 heterocycles. The van der Waals surface area contributed by atoms with Crippen LogP contribution in [0, 0.1) is 0 Å². The standard InChI is InChI=1S/C19H23NO3/c1-22-18-8-4-3-6-15(18)12-20-9-5-7-14-10-17(21)19(23-2)11-16(14)13-20/h3-4,6,8,10-11,21H,5,7,9,12-13H2,1-2H3. The number of phenolic OH excluding ortho intramolecular Hbond substituents is 1. The van der Waals surface area contributed by atoms with Crippen molar-refractivity contribution in [3.8, 4) is 17.2 Å². The molecule has 0 saturated heterocycles. The zero-order chi connectivity index (χ0) is 16.2. The molecule has 1 N–H and O–H groups in total. The Morgan fingerprint density at radius 1 is 1.04 bits per heavy atom. The van der Waals surface area contributed by atoms with Crippen LogP contribution in [0.15, 0.2) is 36.4 Å². The van der Waals surface area contributed by atoms with Gasteiger partial charge in [0.25, 0.3) is 0 Å². The van der Waals surface area contributed by atoms with Gasteiger partial charge in [-0.15, -0.1) is 0 Å². The van der Waals surface area contributed by atoms with Crippen molar-refractivity contribution < 1.29 is 14.6 Å². The van der Waals surface area contributed by atoms with Crippen LogP contribution in [0.1, 0.15) is 23.1 Å². The molecule has 0 fully saturated rings. The van der Waals surface area contributed by atoms with Crippen molar-refractivity contribution >= 4 is 0 Å². The Morgan fingerprint density at radius 2 is 1.83 bits per heavy atom. The van der Waals surface area contributed by atoms with Crippen molar-refractivity contribution in [2.24, 2.45) is 0 Å². The zero-order valence-electron chi connectivity index (χ0n) is 13.7. The number of para-hydroxylation sites is 1. The van der Waals surface area contributed by atoms with Crippen LogP contribution in [-0.2, 0) is 19.5 Å². The summed E-state index contributed by atoms with van der Waals surface area (Å²) in [6.45, 7) is 2.73. The van der Waals surface area contributed by atoms with E-state index in [4.69, 9.17) is 9.47 Å². The van der Waals surface area contributed by atoms with Crippen LogP contribution in [0.4, 0.5) is 0 Å². The fourth-order valence-corrected chi connectivity index (χ4v) is 3.22. The number of rotatable bonds is 4. The van der Waals surface area contributed by atoms with Gasteiger partial charge in [0.1, 0.15) is 5.75 Å². The molecule has 0 saturated carbocycles. The number of benzene rings is 2. The van der Waals surface area contributed by atoms with Crippen molar-refractivity contribution in [1.82, 2.24) is 4.90 Å². The first-order chi connectivity index (χ1) is 11.2. The lowest BCUT2D eigenvalue weighted by molar-refractivity contribution is 0.256. The summed E-state index contributed by atoms with van der Waals surface area (Å²) in [5, 5.41) is 9.97. The Bertz CT molecular complexity index is 684. The number of aromatic hydroxyl groups is 1. The molecule has 0 radical (unpaired) electrons. The van der Waals surface area contributed by atoms with E-state index in [1.807, 2.05) is 30.3 Å². The second kappa shape index (κ2) is 6.92. The number of nitrogens with zero attached hydrogens (tertiary/aromatic N) is 1. The number of methoxy groups -OCH3 is 2. The van der Waals surface area contributed by atoms with Gasteiger partial charge < -0.3 is 14.6 Å². The van der Waals surface area contributed by atoms with Gasteiger partial charge in [-0.2, -0.15) is 0 Å². The van der Waals surface area contributed by atoms with Crippen molar-refractivity contribution in [3.05, 3.63) is 53.1 Å². The maximum atomic E-state index is 9.97. The normalized spacial score (nSPS) is 14.9. The zero-order valence-corrected chi connectivity index (χ0v) is 13.7. The molecular formula is C19H23NO3. The fraction of sp³-hybridized carbons (Fsp3) is 0.368. The highest BCUT2D eigenvalue weighted by Gasteiger charge is 2.18.